The average Bonchev–Trinajstić information content (AvgIpc) is 3.11. The van der Waals surface area contributed by atoms with Crippen LogP contribution in [0.5, 0.6) is 0 Å². The zero-order valence-corrected chi connectivity index (χ0v) is 12.4. The molecule has 0 radical (unpaired) electrons. The third kappa shape index (κ3) is 2.04. The highest BCUT2D eigenvalue weighted by Gasteiger charge is 2.18. The number of nitrogens with zero attached hydrogens (tertiary/aromatic N) is 6. The van der Waals surface area contributed by atoms with Crippen LogP contribution in [-0.4, -0.2) is 29.8 Å². The van der Waals surface area contributed by atoms with Crippen LogP contribution in [0.25, 0.3) is 27.1 Å². The van der Waals surface area contributed by atoms with Crippen LogP contribution >= 0.6 is 22.9 Å². The summed E-state index contributed by atoms with van der Waals surface area (Å²) in [7, 11) is 0. The molecular formula is C13H6ClFN6S. The molecule has 0 aliphatic rings. The molecule has 1 aromatic carbocycles. The molecule has 6 nitrogen and oxygen atoms in total. The van der Waals surface area contributed by atoms with E-state index in [0.29, 0.717) is 27.1 Å². The summed E-state index contributed by atoms with van der Waals surface area (Å²) in [5, 5.41) is 13.0. The fourth-order valence-electron chi connectivity index (χ4n) is 1.97. The van der Waals surface area contributed by atoms with E-state index in [1.54, 1.807) is 30.7 Å². The van der Waals surface area contributed by atoms with Crippen molar-refractivity contribution in [1.82, 2.24) is 29.8 Å². The largest absolute Gasteiger partial charge is 0.261 e. The first-order chi connectivity index (χ1) is 10.7. The molecule has 0 spiro atoms. The molecule has 3 heterocycles. The van der Waals surface area contributed by atoms with Gasteiger partial charge < -0.3 is 0 Å². The van der Waals surface area contributed by atoms with Gasteiger partial charge >= 0.3 is 0 Å². The predicted molar refractivity (Wildman–Crippen MR) is 80.1 cm³/mol. The molecule has 0 unspecified atom stereocenters. The molecule has 4 aromatic rings. The summed E-state index contributed by atoms with van der Waals surface area (Å²) in [6.45, 7) is 0. The van der Waals surface area contributed by atoms with Crippen LogP contribution < -0.4 is 0 Å². The second kappa shape index (κ2) is 5.08. The smallest absolute Gasteiger partial charge is 0.235 e. The molecule has 3 aromatic heterocycles. The van der Waals surface area contributed by atoms with Gasteiger partial charge in [-0.1, -0.05) is 29.0 Å². The van der Waals surface area contributed by atoms with Crippen LogP contribution in [0.3, 0.4) is 0 Å². The van der Waals surface area contributed by atoms with Crippen LogP contribution in [-0.2, 0) is 0 Å². The Morgan fingerprint density at radius 2 is 2.09 bits per heavy atom. The molecule has 0 saturated heterocycles. The number of benzene rings is 1. The van der Waals surface area contributed by atoms with Gasteiger partial charge in [-0.3, -0.25) is 4.98 Å². The second-order valence-electron chi connectivity index (χ2n) is 4.32. The van der Waals surface area contributed by atoms with Crippen molar-refractivity contribution in [3.05, 3.63) is 47.6 Å². The molecule has 0 N–H and O–H groups in total. The van der Waals surface area contributed by atoms with E-state index in [-0.39, 0.29) is 5.02 Å². The Hall–Kier alpha value is -2.45. The summed E-state index contributed by atoms with van der Waals surface area (Å²) in [6, 6.07) is 4.79. The Labute approximate surface area is 132 Å². The standard InChI is InChI=1S/C13H6ClFN6S/c14-8-3-1-2-7(10(8)15)12-20-21-11(18-19-13(21)22-12)9-6-16-4-5-17-9/h1-6H. The Balaban J connectivity index is 1.89. The number of rotatable bonds is 2. The minimum absolute atomic E-state index is 0.0533. The van der Waals surface area contributed by atoms with E-state index in [1.165, 1.54) is 21.9 Å². The van der Waals surface area contributed by atoms with Crippen molar-refractivity contribution in [3.8, 4) is 22.1 Å². The fourth-order valence-corrected chi connectivity index (χ4v) is 3.00. The third-order valence-corrected chi connectivity index (χ3v) is 4.19. The number of fused-ring (bicyclic) bond motifs is 1. The lowest BCUT2D eigenvalue weighted by atomic mass is 10.2. The first-order valence-electron chi connectivity index (χ1n) is 6.17. The summed E-state index contributed by atoms with van der Waals surface area (Å²) in [5.74, 6) is -0.0526. The van der Waals surface area contributed by atoms with E-state index in [4.69, 9.17) is 11.6 Å². The molecule has 0 bridgehead atoms. The topological polar surface area (TPSA) is 68.9 Å². The number of hydrogen-bond acceptors (Lipinski definition) is 6. The van der Waals surface area contributed by atoms with Crippen molar-refractivity contribution in [2.75, 3.05) is 0 Å². The van der Waals surface area contributed by atoms with E-state index < -0.39 is 5.82 Å². The molecule has 22 heavy (non-hydrogen) atoms. The van der Waals surface area contributed by atoms with Gasteiger partial charge in [-0.05, 0) is 12.1 Å². The minimum Gasteiger partial charge on any atom is -0.261 e. The van der Waals surface area contributed by atoms with E-state index in [9.17, 15) is 4.39 Å². The first kappa shape index (κ1) is 13.2. The van der Waals surface area contributed by atoms with Crippen molar-refractivity contribution >= 4 is 27.9 Å². The van der Waals surface area contributed by atoms with Gasteiger partial charge in [0, 0.05) is 18.0 Å². The van der Waals surface area contributed by atoms with Gasteiger partial charge in [-0.15, -0.1) is 10.2 Å². The Kier molecular flexibility index (Phi) is 3.05. The van der Waals surface area contributed by atoms with Crippen LogP contribution in [0.1, 0.15) is 0 Å². The zero-order valence-electron chi connectivity index (χ0n) is 10.8. The van der Waals surface area contributed by atoms with Crippen molar-refractivity contribution in [1.29, 1.82) is 0 Å². The zero-order chi connectivity index (χ0) is 15.1. The minimum atomic E-state index is -0.504. The van der Waals surface area contributed by atoms with Crippen molar-refractivity contribution in [3.63, 3.8) is 0 Å². The summed E-state index contributed by atoms with van der Waals surface area (Å²) < 4.78 is 15.6. The number of aromatic nitrogens is 6. The lowest BCUT2D eigenvalue weighted by molar-refractivity contribution is 0.631. The Morgan fingerprint density at radius 1 is 1.18 bits per heavy atom. The second-order valence-corrected chi connectivity index (χ2v) is 5.68. The average molecular weight is 333 g/mol. The normalized spacial score (nSPS) is 11.2. The SMILES string of the molecule is Fc1c(Cl)cccc1-c1nn2c(-c3cnccn3)nnc2s1. The summed E-state index contributed by atoms with van der Waals surface area (Å²) in [4.78, 5) is 8.70. The Bertz CT molecular complexity index is 967. The molecular weight excluding hydrogens is 327 g/mol. The molecule has 0 amide bonds. The van der Waals surface area contributed by atoms with E-state index in [1.807, 2.05) is 0 Å². The molecule has 0 atom stereocenters. The van der Waals surface area contributed by atoms with E-state index in [0.717, 1.165) is 0 Å². The lowest BCUT2D eigenvalue weighted by Crippen LogP contribution is -1.94. The van der Waals surface area contributed by atoms with Gasteiger partial charge in [-0.25, -0.2) is 9.37 Å². The molecule has 0 aliphatic heterocycles. The van der Waals surface area contributed by atoms with Crippen molar-refractivity contribution in [2.45, 2.75) is 0 Å². The lowest BCUT2D eigenvalue weighted by Gasteiger charge is -1.99. The van der Waals surface area contributed by atoms with Gasteiger partial charge in [-0.2, -0.15) is 9.61 Å². The molecule has 0 saturated carbocycles. The number of halogens is 2. The maximum absolute atomic E-state index is 14.1. The molecule has 4 rings (SSSR count). The van der Waals surface area contributed by atoms with E-state index >= 15 is 0 Å². The highest BCUT2D eigenvalue weighted by Crippen LogP contribution is 2.31. The maximum Gasteiger partial charge on any atom is 0.235 e. The van der Waals surface area contributed by atoms with Gasteiger partial charge in [0.05, 0.1) is 11.2 Å². The number of hydrogen-bond donors (Lipinski definition) is 0. The van der Waals surface area contributed by atoms with Crippen LogP contribution in [0, 0.1) is 5.82 Å². The Morgan fingerprint density at radius 3 is 2.91 bits per heavy atom. The van der Waals surface area contributed by atoms with Crippen molar-refractivity contribution < 1.29 is 4.39 Å². The van der Waals surface area contributed by atoms with Crippen LogP contribution in [0.15, 0.2) is 36.8 Å². The van der Waals surface area contributed by atoms with Crippen molar-refractivity contribution in [2.24, 2.45) is 0 Å². The highest BCUT2D eigenvalue weighted by atomic mass is 35.5. The van der Waals surface area contributed by atoms with E-state index in [2.05, 4.69) is 25.3 Å². The molecule has 0 aliphatic carbocycles. The van der Waals surface area contributed by atoms with Crippen LogP contribution in [0.4, 0.5) is 4.39 Å². The summed E-state index contributed by atoms with van der Waals surface area (Å²) in [5.41, 5.74) is 0.867. The highest BCUT2D eigenvalue weighted by molar-refractivity contribution is 7.19. The summed E-state index contributed by atoms with van der Waals surface area (Å²) in [6.07, 6.45) is 4.69. The fraction of sp³-hybridized carbons (Fsp3) is 0. The molecule has 0 fully saturated rings. The summed E-state index contributed by atoms with van der Waals surface area (Å²) >= 11 is 7.03. The monoisotopic (exact) mass is 332 g/mol. The third-order valence-electron chi connectivity index (χ3n) is 2.97. The predicted octanol–water partition coefficient (Wildman–Crippen LogP) is 3.10. The quantitative estimate of drug-likeness (QED) is 0.564. The van der Waals surface area contributed by atoms with Crippen LogP contribution in [0.2, 0.25) is 5.02 Å². The van der Waals surface area contributed by atoms with Gasteiger partial charge in [0.1, 0.15) is 5.69 Å². The van der Waals surface area contributed by atoms with Gasteiger partial charge in [0.25, 0.3) is 0 Å². The molecule has 9 heteroatoms. The first-order valence-corrected chi connectivity index (χ1v) is 7.36. The molecule has 108 valence electrons. The van der Waals surface area contributed by atoms with Gasteiger partial charge in [0.15, 0.2) is 10.8 Å². The maximum atomic E-state index is 14.1. The van der Waals surface area contributed by atoms with Gasteiger partial charge in [0.2, 0.25) is 10.8 Å².